The molecule has 47 heavy (non-hydrogen) atoms. The number of nitrogens with zero attached hydrogens (tertiary/aromatic N) is 6. The molecule has 2 aromatic carbocycles. The van der Waals surface area contributed by atoms with Gasteiger partial charge in [0, 0.05) is 66.2 Å². The van der Waals surface area contributed by atoms with Crippen LogP contribution >= 0.6 is 31.9 Å². The molecule has 6 rings (SSSR count). The van der Waals surface area contributed by atoms with E-state index >= 15 is 0 Å². The molecule has 1 atom stereocenters. The van der Waals surface area contributed by atoms with Crippen LogP contribution in [0, 0.1) is 0 Å². The van der Waals surface area contributed by atoms with E-state index in [1.165, 1.54) is 4.68 Å². The zero-order valence-corrected chi connectivity index (χ0v) is 29.9. The number of piperazine rings is 1. The summed E-state index contributed by atoms with van der Waals surface area (Å²) in [7, 11) is 2.17. The summed E-state index contributed by atoms with van der Waals surface area (Å²) in [6.07, 6.45) is 3.82. The first-order chi connectivity index (χ1) is 22.7. The summed E-state index contributed by atoms with van der Waals surface area (Å²) in [4.78, 5) is 51.9. The van der Waals surface area contributed by atoms with E-state index in [1.807, 2.05) is 47.4 Å². The second-order valence-corrected chi connectivity index (χ2v) is 14.6. The van der Waals surface area contributed by atoms with Crippen LogP contribution in [-0.4, -0.2) is 118 Å². The third kappa shape index (κ3) is 7.93. The molecule has 252 valence electrons. The lowest BCUT2D eigenvalue weighted by Crippen LogP contribution is -2.59. The van der Waals surface area contributed by atoms with Crippen LogP contribution in [0.15, 0.2) is 56.2 Å². The van der Waals surface area contributed by atoms with Gasteiger partial charge in [-0.05, 0) is 95.4 Å². The van der Waals surface area contributed by atoms with Crippen LogP contribution < -0.4 is 16.7 Å². The summed E-state index contributed by atoms with van der Waals surface area (Å²) >= 11 is 7.04. The molecule has 3 saturated heterocycles. The minimum Gasteiger partial charge on any atom is -0.397 e. The van der Waals surface area contributed by atoms with Crippen LogP contribution in [0.25, 0.3) is 11.4 Å². The smallest absolute Gasteiger partial charge is 0.343 e. The topological polar surface area (TPSA) is 136 Å². The van der Waals surface area contributed by atoms with Crippen molar-refractivity contribution in [3.05, 3.63) is 67.5 Å². The average Bonchev–Trinajstić information content (AvgIpc) is 3.48. The number of piperidine rings is 2. The number of nitrogen functional groups attached to an aromatic ring is 1. The van der Waals surface area contributed by atoms with E-state index in [9.17, 15) is 14.4 Å². The highest BCUT2D eigenvalue weighted by Crippen LogP contribution is 2.30. The molecule has 4 heterocycles. The zero-order valence-electron chi connectivity index (χ0n) is 26.7. The Morgan fingerprint density at radius 2 is 1.53 bits per heavy atom. The summed E-state index contributed by atoms with van der Waals surface area (Å²) in [5.74, 6) is 0.460. The predicted octanol–water partition coefficient (Wildman–Crippen LogP) is 3.54. The molecule has 0 saturated carbocycles. The molecule has 0 spiro atoms. The minimum absolute atomic E-state index is 0.0724. The lowest BCUT2D eigenvalue weighted by molar-refractivity contribution is -0.135. The van der Waals surface area contributed by atoms with E-state index in [-0.39, 0.29) is 23.7 Å². The van der Waals surface area contributed by atoms with Crippen LogP contribution in [0.4, 0.5) is 10.5 Å². The van der Waals surface area contributed by atoms with Gasteiger partial charge in [0.25, 0.3) is 0 Å². The molecular formula is C33H43Br2N9O3. The molecule has 12 nitrogen and oxygen atoms in total. The molecule has 3 aliphatic rings. The van der Waals surface area contributed by atoms with Gasteiger partial charge in [-0.2, -0.15) is 0 Å². The third-order valence-electron chi connectivity index (χ3n) is 9.79. The maximum absolute atomic E-state index is 14.0. The normalized spacial score (nSPS) is 19.6. The first-order valence-electron chi connectivity index (χ1n) is 16.4. The van der Waals surface area contributed by atoms with Crippen molar-refractivity contribution in [2.75, 3.05) is 65.1 Å². The molecule has 0 aliphatic carbocycles. The Kier molecular flexibility index (Phi) is 10.7. The highest BCUT2D eigenvalue weighted by Gasteiger charge is 2.34. The Morgan fingerprint density at radius 3 is 2.17 bits per heavy atom. The van der Waals surface area contributed by atoms with Gasteiger partial charge in [0.2, 0.25) is 5.91 Å². The lowest BCUT2D eigenvalue weighted by atomic mass is 10.0. The molecule has 3 aromatic rings. The largest absolute Gasteiger partial charge is 0.397 e. The van der Waals surface area contributed by atoms with E-state index < -0.39 is 6.04 Å². The van der Waals surface area contributed by atoms with E-state index in [1.54, 1.807) is 4.90 Å². The number of urea groups is 1. The Morgan fingerprint density at radius 1 is 0.915 bits per heavy atom. The van der Waals surface area contributed by atoms with E-state index in [0.29, 0.717) is 63.0 Å². The van der Waals surface area contributed by atoms with Gasteiger partial charge in [0.1, 0.15) is 6.04 Å². The maximum Gasteiger partial charge on any atom is 0.343 e. The van der Waals surface area contributed by atoms with Gasteiger partial charge in [-0.3, -0.25) is 14.7 Å². The number of hydrogen-bond donors (Lipinski definition) is 3. The number of rotatable bonds is 7. The van der Waals surface area contributed by atoms with Gasteiger partial charge in [0.15, 0.2) is 5.82 Å². The van der Waals surface area contributed by atoms with Crippen LogP contribution in [0.3, 0.4) is 0 Å². The predicted molar refractivity (Wildman–Crippen MR) is 189 cm³/mol. The first-order valence-corrected chi connectivity index (χ1v) is 18.0. The number of carbonyl (C=O) groups is 2. The third-order valence-corrected chi connectivity index (χ3v) is 11.1. The fourth-order valence-electron chi connectivity index (χ4n) is 6.94. The SMILES string of the molecule is CN1CCC(N2CCN(C(=O)[C@H](Cc3cc(Br)c(N)c(Br)c3)NC(=O)N3CCC(n4nc(-c5ccccc5)[nH]c4=O)CC3)CC2)CC1. The number of aromatic amines is 1. The number of aromatic nitrogens is 3. The van der Waals surface area contributed by atoms with Gasteiger partial charge >= 0.3 is 11.7 Å². The minimum atomic E-state index is -0.736. The van der Waals surface area contributed by atoms with Gasteiger partial charge < -0.3 is 25.8 Å². The van der Waals surface area contributed by atoms with Gasteiger partial charge in [-0.1, -0.05) is 30.3 Å². The van der Waals surface area contributed by atoms with Crippen LogP contribution in [0.1, 0.15) is 37.3 Å². The second kappa shape index (κ2) is 14.9. The standard InChI is InChI=1S/C33H43Br2N9O3/c1-40-11-7-24(8-12-40)41-15-17-42(18-16-41)31(45)28(21-22-19-26(34)29(36)27(35)20-22)37-32(46)43-13-9-25(10-14-43)44-33(47)38-30(39-44)23-5-3-2-4-6-23/h2-6,19-20,24-25,28H,7-18,21,36H2,1H3,(H,37,46)(H,38,39,47)/t28-/m0/s1. The Labute approximate surface area is 291 Å². The number of halogens is 2. The number of anilines is 1. The molecule has 0 bridgehead atoms. The summed E-state index contributed by atoms with van der Waals surface area (Å²) in [5, 5.41) is 7.64. The number of benzene rings is 2. The zero-order chi connectivity index (χ0) is 33.1. The van der Waals surface area contributed by atoms with Gasteiger partial charge in [-0.15, -0.1) is 5.10 Å². The molecule has 14 heteroatoms. The van der Waals surface area contributed by atoms with E-state index in [2.05, 4.69) is 64.1 Å². The summed E-state index contributed by atoms with van der Waals surface area (Å²) < 4.78 is 2.97. The van der Waals surface area contributed by atoms with Crippen molar-refractivity contribution >= 4 is 49.5 Å². The molecule has 3 aliphatic heterocycles. The van der Waals surface area contributed by atoms with Crippen LogP contribution in [0.5, 0.6) is 0 Å². The quantitative estimate of drug-likeness (QED) is 0.313. The molecule has 1 aromatic heterocycles. The van der Waals surface area contributed by atoms with Crippen molar-refractivity contribution in [3.63, 3.8) is 0 Å². The van der Waals surface area contributed by atoms with Crippen molar-refractivity contribution in [1.82, 2.24) is 39.7 Å². The summed E-state index contributed by atoms with van der Waals surface area (Å²) in [6.45, 7) is 6.07. The van der Waals surface area contributed by atoms with E-state index in [4.69, 9.17) is 5.73 Å². The number of hydrogen-bond acceptors (Lipinski definition) is 7. The van der Waals surface area contributed by atoms with Crippen LogP contribution in [-0.2, 0) is 11.2 Å². The van der Waals surface area contributed by atoms with E-state index in [0.717, 1.165) is 59.1 Å². The number of H-pyrrole nitrogens is 1. The Bertz CT molecular complexity index is 1580. The fraction of sp³-hybridized carbons (Fsp3) is 0.515. The van der Waals surface area contributed by atoms with Crippen molar-refractivity contribution < 1.29 is 9.59 Å². The average molecular weight is 774 g/mol. The van der Waals surface area contributed by atoms with Gasteiger partial charge in [0.05, 0.1) is 11.7 Å². The van der Waals surface area contributed by atoms with Crippen molar-refractivity contribution in [2.24, 2.45) is 0 Å². The maximum atomic E-state index is 14.0. The number of nitrogens with two attached hydrogens (primary N) is 1. The number of nitrogens with one attached hydrogen (secondary N) is 2. The van der Waals surface area contributed by atoms with Crippen molar-refractivity contribution in [1.29, 1.82) is 0 Å². The van der Waals surface area contributed by atoms with Crippen molar-refractivity contribution in [2.45, 2.75) is 50.2 Å². The first kappa shape index (κ1) is 33.7. The van der Waals surface area contributed by atoms with Crippen LogP contribution in [0.2, 0.25) is 0 Å². The molecular weight excluding hydrogens is 730 g/mol. The number of carbonyl (C=O) groups excluding carboxylic acids is 2. The Balaban J connectivity index is 1.10. The monoisotopic (exact) mass is 771 g/mol. The molecule has 3 amide bonds. The van der Waals surface area contributed by atoms with Gasteiger partial charge in [-0.25, -0.2) is 14.3 Å². The number of amides is 3. The summed E-state index contributed by atoms with van der Waals surface area (Å²) in [6, 6.07) is 12.8. The lowest BCUT2D eigenvalue weighted by Gasteiger charge is -2.43. The molecule has 0 radical (unpaired) electrons. The highest BCUT2D eigenvalue weighted by atomic mass is 79.9. The summed E-state index contributed by atoms with van der Waals surface area (Å²) in [5.41, 5.74) is 8.19. The Hall–Kier alpha value is -3.20. The molecule has 0 unspecified atom stereocenters. The van der Waals surface area contributed by atoms with Crippen molar-refractivity contribution in [3.8, 4) is 11.4 Å². The highest BCUT2D eigenvalue weighted by molar-refractivity contribution is 9.11. The second-order valence-electron chi connectivity index (χ2n) is 12.9. The number of likely N-dealkylation sites (tertiary alicyclic amines) is 2. The fourth-order valence-corrected chi connectivity index (χ4v) is 8.22. The molecule has 4 N–H and O–H groups in total. The molecule has 3 fully saturated rings.